The molecule has 2 rings (SSSR count). The number of carbonyl (C=O) groups is 1. The van der Waals surface area contributed by atoms with Crippen molar-refractivity contribution in [3.05, 3.63) is 69.3 Å². The SMILES string of the molecule is Cc1ccc([N+](=O)[O-])cc1C(=O)Nc1ccccc1CCl. The summed E-state index contributed by atoms with van der Waals surface area (Å²) in [5, 5.41) is 13.5. The monoisotopic (exact) mass is 304 g/mol. The maximum Gasteiger partial charge on any atom is 0.270 e. The molecule has 21 heavy (non-hydrogen) atoms. The van der Waals surface area contributed by atoms with Crippen LogP contribution >= 0.6 is 11.6 Å². The van der Waals surface area contributed by atoms with Gasteiger partial charge in [0.1, 0.15) is 0 Å². The fourth-order valence-electron chi connectivity index (χ4n) is 1.92. The highest BCUT2D eigenvalue weighted by atomic mass is 35.5. The quantitative estimate of drug-likeness (QED) is 0.529. The first-order chi connectivity index (χ1) is 10.0. The third-order valence-electron chi connectivity index (χ3n) is 3.09. The van der Waals surface area contributed by atoms with Crippen LogP contribution < -0.4 is 5.32 Å². The standard InChI is InChI=1S/C15H13ClN2O3/c1-10-6-7-12(18(20)21)8-13(10)15(19)17-14-5-3-2-4-11(14)9-16/h2-8H,9H2,1H3,(H,17,19). The van der Waals surface area contributed by atoms with E-state index < -0.39 is 10.8 Å². The molecule has 0 saturated heterocycles. The molecule has 0 aromatic heterocycles. The van der Waals surface area contributed by atoms with Crippen LogP contribution in [0.25, 0.3) is 0 Å². The van der Waals surface area contributed by atoms with Crippen LogP contribution in [0.4, 0.5) is 11.4 Å². The van der Waals surface area contributed by atoms with Gasteiger partial charge in [0.25, 0.3) is 11.6 Å². The molecule has 108 valence electrons. The van der Waals surface area contributed by atoms with Gasteiger partial charge in [0, 0.05) is 29.3 Å². The van der Waals surface area contributed by atoms with Gasteiger partial charge < -0.3 is 5.32 Å². The lowest BCUT2D eigenvalue weighted by Gasteiger charge is -2.10. The number of non-ortho nitro benzene ring substituents is 1. The predicted octanol–water partition coefficient (Wildman–Crippen LogP) is 3.89. The Bertz CT molecular complexity index is 701. The Balaban J connectivity index is 2.32. The number of nitrogens with one attached hydrogen (secondary N) is 1. The molecule has 0 saturated carbocycles. The van der Waals surface area contributed by atoms with Crippen molar-refractivity contribution in [2.24, 2.45) is 0 Å². The maximum atomic E-state index is 12.3. The van der Waals surface area contributed by atoms with Crippen LogP contribution in [0.15, 0.2) is 42.5 Å². The van der Waals surface area contributed by atoms with Gasteiger partial charge >= 0.3 is 0 Å². The van der Waals surface area contributed by atoms with Crippen molar-refractivity contribution in [2.45, 2.75) is 12.8 Å². The lowest BCUT2D eigenvalue weighted by Crippen LogP contribution is -2.14. The number of hydrogen-bond donors (Lipinski definition) is 1. The van der Waals surface area contributed by atoms with Crippen molar-refractivity contribution in [3.63, 3.8) is 0 Å². The Morgan fingerprint density at radius 2 is 2.00 bits per heavy atom. The number of anilines is 1. The van der Waals surface area contributed by atoms with Crippen molar-refractivity contribution >= 4 is 28.9 Å². The number of halogens is 1. The minimum Gasteiger partial charge on any atom is -0.322 e. The largest absolute Gasteiger partial charge is 0.322 e. The van der Waals surface area contributed by atoms with E-state index in [0.717, 1.165) is 5.56 Å². The average Bonchev–Trinajstić information content (AvgIpc) is 2.47. The van der Waals surface area contributed by atoms with Gasteiger partial charge in [-0.1, -0.05) is 24.3 Å². The van der Waals surface area contributed by atoms with Gasteiger partial charge in [0.15, 0.2) is 0 Å². The zero-order valence-corrected chi connectivity index (χ0v) is 12.1. The summed E-state index contributed by atoms with van der Waals surface area (Å²) < 4.78 is 0. The molecule has 0 fully saturated rings. The third kappa shape index (κ3) is 3.38. The van der Waals surface area contributed by atoms with Gasteiger partial charge in [-0.25, -0.2) is 0 Å². The zero-order chi connectivity index (χ0) is 15.4. The Morgan fingerprint density at radius 3 is 2.67 bits per heavy atom. The fraction of sp³-hybridized carbons (Fsp3) is 0.133. The minimum absolute atomic E-state index is 0.114. The summed E-state index contributed by atoms with van der Waals surface area (Å²) in [5.41, 5.74) is 2.21. The fourth-order valence-corrected chi connectivity index (χ4v) is 2.15. The number of hydrogen-bond acceptors (Lipinski definition) is 3. The summed E-state index contributed by atoms with van der Waals surface area (Å²) in [4.78, 5) is 22.6. The van der Waals surface area contributed by atoms with Gasteiger partial charge in [-0.3, -0.25) is 14.9 Å². The molecule has 0 spiro atoms. The van der Waals surface area contributed by atoms with Crippen molar-refractivity contribution in [1.29, 1.82) is 0 Å². The van der Waals surface area contributed by atoms with Gasteiger partial charge in [-0.05, 0) is 24.1 Å². The second-order valence-corrected chi connectivity index (χ2v) is 4.77. The summed E-state index contributed by atoms with van der Waals surface area (Å²) in [5.74, 6) is -0.126. The van der Waals surface area contributed by atoms with Crippen LogP contribution in [0.3, 0.4) is 0 Å². The van der Waals surface area contributed by atoms with E-state index >= 15 is 0 Å². The second kappa shape index (κ2) is 6.37. The van der Waals surface area contributed by atoms with Crippen LogP contribution in [0.1, 0.15) is 21.5 Å². The van der Waals surface area contributed by atoms with Crippen LogP contribution in [-0.4, -0.2) is 10.8 Å². The smallest absolute Gasteiger partial charge is 0.270 e. The molecule has 1 amide bonds. The van der Waals surface area contributed by atoms with Gasteiger partial charge in [-0.2, -0.15) is 0 Å². The summed E-state index contributed by atoms with van der Waals surface area (Å²) >= 11 is 5.82. The predicted molar refractivity (Wildman–Crippen MR) is 81.8 cm³/mol. The minimum atomic E-state index is -0.525. The molecule has 0 atom stereocenters. The number of nitro benzene ring substituents is 1. The van der Waals surface area contributed by atoms with E-state index in [1.54, 1.807) is 25.1 Å². The number of amides is 1. The van der Waals surface area contributed by atoms with E-state index in [2.05, 4.69) is 5.32 Å². The van der Waals surface area contributed by atoms with Crippen LogP contribution in [0.5, 0.6) is 0 Å². The molecule has 2 aromatic rings. The van der Waals surface area contributed by atoms with Crippen molar-refractivity contribution in [1.82, 2.24) is 0 Å². The Hall–Kier alpha value is -2.40. The summed E-state index contributed by atoms with van der Waals surface area (Å²) in [6, 6.07) is 11.4. The first kappa shape index (κ1) is 15.0. The number of alkyl halides is 1. The van der Waals surface area contributed by atoms with E-state index in [-0.39, 0.29) is 17.1 Å². The third-order valence-corrected chi connectivity index (χ3v) is 3.37. The molecule has 0 aliphatic rings. The normalized spacial score (nSPS) is 10.2. The summed E-state index contributed by atoms with van der Waals surface area (Å²) in [6.07, 6.45) is 0. The van der Waals surface area contributed by atoms with Gasteiger partial charge in [0.2, 0.25) is 0 Å². The molecule has 0 radical (unpaired) electrons. The molecule has 0 unspecified atom stereocenters. The number of aryl methyl sites for hydroxylation is 1. The molecular formula is C15H13ClN2O3. The van der Waals surface area contributed by atoms with Crippen LogP contribution in [-0.2, 0) is 5.88 Å². The first-order valence-electron chi connectivity index (χ1n) is 6.23. The van der Waals surface area contributed by atoms with Crippen molar-refractivity contribution < 1.29 is 9.72 Å². The lowest BCUT2D eigenvalue weighted by molar-refractivity contribution is -0.384. The Labute approximate surface area is 126 Å². The van der Waals surface area contributed by atoms with Crippen LogP contribution in [0.2, 0.25) is 0 Å². The van der Waals surface area contributed by atoms with E-state index in [4.69, 9.17) is 11.6 Å². The second-order valence-electron chi connectivity index (χ2n) is 4.50. The van der Waals surface area contributed by atoms with Gasteiger partial charge in [-0.15, -0.1) is 11.6 Å². The molecule has 0 aliphatic heterocycles. The molecule has 0 bridgehead atoms. The summed E-state index contributed by atoms with van der Waals surface area (Å²) in [6.45, 7) is 1.73. The highest BCUT2D eigenvalue weighted by Crippen LogP contribution is 2.21. The summed E-state index contributed by atoms with van der Waals surface area (Å²) in [7, 11) is 0. The van der Waals surface area contributed by atoms with Gasteiger partial charge in [0.05, 0.1) is 4.92 Å². The van der Waals surface area contributed by atoms with Crippen molar-refractivity contribution in [3.8, 4) is 0 Å². The highest BCUT2D eigenvalue weighted by Gasteiger charge is 2.15. The molecular weight excluding hydrogens is 292 g/mol. The number of para-hydroxylation sites is 1. The maximum absolute atomic E-state index is 12.3. The number of nitrogens with zero attached hydrogens (tertiary/aromatic N) is 1. The number of carbonyl (C=O) groups excluding carboxylic acids is 1. The van der Waals surface area contributed by atoms with E-state index in [9.17, 15) is 14.9 Å². The Morgan fingerprint density at radius 1 is 1.29 bits per heavy atom. The molecule has 0 heterocycles. The molecule has 6 heteroatoms. The number of nitro groups is 1. The highest BCUT2D eigenvalue weighted by molar-refractivity contribution is 6.17. The first-order valence-corrected chi connectivity index (χ1v) is 6.76. The lowest BCUT2D eigenvalue weighted by atomic mass is 10.1. The molecule has 1 N–H and O–H groups in total. The van der Waals surface area contributed by atoms with E-state index in [1.807, 2.05) is 12.1 Å². The molecule has 0 aliphatic carbocycles. The molecule has 5 nitrogen and oxygen atoms in total. The van der Waals surface area contributed by atoms with Crippen LogP contribution in [0, 0.1) is 17.0 Å². The number of rotatable bonds is 4. The van der Waals surface area contributed by atoms with E-state index in [1.165, 1.54) is 12.1 Å². The van der Waals surface area contributed by atoms with E-state index in [0.29, 0.717) is 11.3 Å². The molecule has 2 aromatic carbocycles. The topological polar surface area (TPSA) is 72.2 Å². The zero-order valence-electron chi connectivity index (χ0n) is 11.3. The van der Waals surface area contributed by atoms with Crippen molar-refractivity contribution in [2.75, 3.05) is 5.32 Å². The number of benzene rings is 2. The average molecular weight is 305 g/mol. The Kier molecular flexibility index (Phi) is 4.55.